The molecule has 0 fully saturated rings. The third-order valence-corrected chi connectivity index (χ3v) is 3.88. The largest absolute Gasteiger partial charge is 0.480 e. The number of aliphatic carboxylic acids is 1. The van der Waals surface area contributed by atoms with E-state index in [0.717, 1.165) is 4.90 Å². The first-order chi connectivity index (χ1) is 8.31. The van der Waals surface area contributed by atoms with Crippen molar-refractivity contribution in [1.82, 2.24) is 0 Å². The number of hydrogen-bond donors (Lipinski definition) is 1. The lowest BCUT2D eigenvalue weighted by atomic mass is 10.1. The van der Waals surface area contributed by atoms with Gasteiger partial charge in [-0.05, 0) is 32.0 Å². The first-order valence-corrected chi connectivity index (χ1v) is 6.15. The lowest BCUT2D eigenvalue weighted by Crippen LogP contribution is -2.48. The average Bonchev–Trinajstić information content (AvgIpc) is 2.25. The molecule has 1 N–H and O–H groups in total. The lowest BCUT2D eigenvalue weighted by Gasteiger charge is -2.37. The van der Waals surface area contributed by atoms with Gasteiger partial charge in [-0.2, -0.15) is 0 Å². The number of thioether (sulfide) groups is 1. The molecule has 0 saturated carbocycles. The van der Waals surface area contributed by atoms with Crippen molar-refractivity contribution in [3.05, 3.63) is 24.0 Å². The minimum Gasteiger partial charge on any atom is -0.480 e. The predicted molar refractivity (Wildman–Crippen MR) is 66.3 cm³/mol. The number of carboxylic acids is 1. The van der Waals surface area contributed by atoms with Crippen molar-refractivity contribution < 1.29 is 19.1 Å². The topological polar surface area (TPSA) is 57.6 Å². The summed E-state index contributed by atoms with van der Waals surface area (Å²) in [6.45, 7) is 2.99. The summed E-state index contributed by atoms with van der Waals surface area (Å²) in [5.74, 6) is -1.94. The van der Waals surface area contributed by atoms with Crippen LogP contribution in [0.3, 0.4) is 0 Å². The molecule has 96 valence electrons. The van der Waals surface area contributed by atoms with E-state index in [4.69, 9.17) is 5.11 Å². The maximum atomic E-state index is 13.2. The quantitative estimate of drug-likeness (QED) is 0.893. The zero-order valence-electron chi connectivity index (χ0n) is 9.94. The molecule has 0 unspecified atom stereocenters. The summed E-state index contributed by atoms with van der Waals surface area (Å²) < 4.78 is 12.5. The highest BCUT2D eigenvalue weighted by Gasteiger charge is 2.40. The van der Waals surface area contributed by atoms with Gasteiger partial charge in [0.1, 0.15) is 12.4 Å². The normalized spacial score (nSPS) is 17.5. The highest BCUT2D eigenvalue weighted by Crippen LogP contribution is 2.45. The Morgan fingerprint density at radius 1 is 1.50 bits per heavy atom. The van der Waals surface area contributed by atoms with Gasteiger partial charge in [0.25, 0.3) is 0 Å². The van der Waals surface area contributed by atoms with E-state index in [-0.39, 0.29) is 5.91 Å². The van der Waals surface area contributed by atoms with E-state index >= 15 is 0 Å². The number of carbonyl (C=O) groups is 2. The van der Waals surface area contributed by atoms with E-state index in [1.165, 1.54) is 23.9 Å². The standard InChI is InChI=1S/C12H12FNO3S/c1-12(2)11(17)14(6-10(15)16)8-5-7(13)3-4-9(8)18-12/h3-5H,6H2,1-2H3,(H,15,16). The molecule has 2 rings (SSSR count). The van der Waals surface area contributed by atoms with Crippen LogP contribution in [0.25, 0.3) is 0 Å². The fourth-order valence-electron chi connectivity index (χ4n) is 1.83. The van der Waals surface area contributed by atoms with Gasteiger partial charge < -0.3 is 5.11 Å². The first-order valence-electron chi connectivity index (χ1n) is 5.33. The molecule has 1 aromatic carbocycles. The summed E-state index contributed by atoms with van der Waals surface area (Å²) in [5.41, 5.74) is 0.326. The van der Waals surface area contributed by atoms with Crippen molar-refractivity contribution in [2.45, 2.75) is 23.5 Å². The van der Waals surface area contributed by atoms with Gasteiger partial charge in [0, 0.05) is 4.90 Å². The minimum atomic E-state index is -1.12. The maximum Gasteiger partial charge on any atom is 0.323 e. The van der Waals surface area contributed by atoms with Crippen LogP contribution in [0.15, 0.2) is 23.1 Å². The van der Waals surface area contributed by atoms with Gasteiger partial charge in [0.15, 0.2) is 0 Å². The minimum absolute atomic E-state index is 0.326. The molecule has 0 saturated heterocycles. The van der Waals surface area contributed by atoms with Gasteiger partial charge in [0.2, 0.25) is 5.91 Å². The zero-order valence-corrected chi connectivity index (χ0v) is 10.8. The SMILES string of the molecule is CC1(C)Sc2ccc(F)cc2N(CC(=O)O)C1=O. The Balaban J connectivity index is 2.53. The van der Waals surface area contributed by atoms with Crippen molar-refractivity contribution in [3.8, 4) is 0 Å². The number of anilines is 1. The lowest BCUT2D eigenvalue weighted by molar-refractivity contribution is -0.136. The first kappa shape index (κ1) is 12.9. The Morgan fingerprint density at radius 3 is 2.78 bits per heavy atom. The van der Waals surface area contributed by atoms with E-state index in [9.17, 15) is 14.0 Å². The van der Waals surface area contributed by atoms with E-state index in [0.29, 0.717) is 10.6 Å². The zero-order chi connectivity index (χ0) is 13.5. The molecule has 1 amide bonds. The van der Waals surface area contributed by atoms with E-state index < -0.39 is 23.1 Å². The molecule has 0 aromatic heterocycles. The number of carboxylic acid groups (broad SMARTS) is 1. The van der Waals surface area contributed by atoms with Crippen LogP contribution >= 0.6 is 11.8 Å². The molecule has 0 bridgehead atoms. The maximum absolute atomic E-state index is 13.2. The Bertz CT molecular complexity index is 530. The second-order valence-corrected chi connectivity index (χ2v) is 6.17. The average molecular weight is 269 g/mol. The Hall–Kier alpha value is -1.56. The van der Waals surface area contributed by atoms with Crippen molar-refractivity contribution in [3.63, 3.8) is 0 Å². The van der Waals surface area contributed by atoms with Gasteiger partial charge in [-0.3, -0.25) is 14.5 Å². The third-order valence-electron chi connectivity index (χ3n) is 2.63. The number of halogens is 1. The van der Waals surface area contributed by atoms with E-state index in [1.807, 2.05) is 0 Å². The Kier molecular flexibility index (Phi) is 3.06. The molecule has 1 heterocycles. The predicted octanol–water partition coefficient (Wildman–Crippen LogP) is 2.13. The van der Waals surface area contributed by atoms with Gasteiger partial charge in [0.05, 0.1) is 10.4 Å². The van der Waals surface area contributed by atoms with Crippen molar-refractivity contribution in [2.75, 3.05) is 11.4 Å². The van der Waals surface area contributed by atoms with Crippen LogP contribution in [0.1, 0.15) is 13.8 Å². The van der Waals surface area contributed by atoms with Crippen molar-refractivity contribution >= 4 is 29.3 Å². The van der Waals surface area contributed by atoms with Crippen LogP contribution < -0.4 is 4.90 Å². The molecule has 0 radical (unpaired) electrons. The van der Waals surface area contributed by atoms with Crippen LogP contribution in [0.2, 0.25) is 0 Å². The Labute approximate surface area is 108 Å². The second kappa shape index (κ2) is 4.28. The van der Waals surface area contributed by atoms with Crippen LogP contribution in [0.5, 0.6) is 0 Å². The monoisotopic (exact) mass is 269 g/mol. The number of carbonyl (C=O) groups excluding carboxylic acids is 1. The van der Waals surface area contributed by atoms with Crippen molar-refractivity contribution in [1.29, 1.82) is 0 Å². The fraction of sp³-hybridized carbons (Fsp3) is 0.333. The molecule has 1 aliphatic rings. The van der Waals surface area contributed by atoms with E-state index in [2.05, 4.69) is 0 Å². The summed E-state index contributed by atoms with van der Waals surface area (Å²) in [7, 11) is 0. The number of amides is 1. The Morgan fingerprint density at radius 2 is 2.17 bits per heavy atom. The summed E-state index contributed by atoms with van der Waals surface area (Å²) in [5, 5.41) is 8.85. The summed E-state index contributed by atoms with van der Waals surface area (Å²) in [6, 6.07) is 4.06. The number of nitrogens with zero attached hydrogens (tertiary/aromatic N) is 1. The third kappa shape index (κ3) is 2.20. The van der Waals surface area contributed by atoms with Gasteiger partial charge in [-0.15, -0.1) is 11.8 Å². The van der Waals surface area contributed by atoms with Gasteiger partial charge in [-0.25, -0.2) is 4.39 Å². The van der Waals surface area contributed by atoms with Crippen LogP contribution in [0.4, 0.5) is 10.1 Å². The highest BCUT2D eigenvalue weighted by molar-refractivity contribution is 8.01. The number of hydrogen-bond acceptors (Lipinski definition) is 3. The number of rotatable bonds is 2. The summed E-state index contributed by atoms with van der Waals surface area (Å²) >= 11 is 1.31. The van der Waals surface area contributed by atoms with E-state index in [1.54, 1.807) is 19.9 Å². The molecule has 0 atom stereocenters. The molecule has 1 aliphatic heterocycles. The molecule has 0 spiro atoms. The van der Waals surface area contributed by atoms with Gasteiger partial charge >= 0.3 is 5.97 Å². The number of fused-ring (bicyclic) bond motifs is 1. The molecule has 1 aromatic rings. The molecular formula is C12H12FNO3S. The smallest absolute Gasteiger partial charge is 0.323 e. The summed E-state index contributed by atoms with van der Waals surface area (Å²) in [4.78, 5) is 24.8. The molecular weight excluding hydrogens is 257 g/mol. The fourth-order valence-corrected chi connectivity index (χ4v) is 2.99. The summed E-state index contributed by atoms with van der Waals surface area (Å²) in [6.07, 6.45) is 0. The molecule has 4 nitrogen and oxygen atoms in total. The van der Waals surface area contributed by atoms with Gasteiger partial charge in [-0.1, -0.05) is 0 Å². The van der Waals surface area contributed by atoms with Crippen LogP contribution in [-0.4, -0.2) is 28.3 Å². The molecule has 18 heavy (non-hydrogen) atoms. The number of benzene rings is 1. The van der Waals surface area contributed by atoms with Crippen LogP contribution in [-0.2, 0) is 9.59 Å². The molecule has 6 heteroatoms. The van der Waals surface area contributed by atoms with Crippen molar-refractivity contribution in [2.24, 2.45) is 0 Å². The highest BCUT2D eigenvalue weighted by atomic mass is 32.2. The molecule has 0 aliphatic carbocycles. The van der Waals surface area contributed by atoms with Crippen LogP contribution in [0, 0.1) is 5.82 Å². The second-order valence-electron chi connectivity index (χ2n) is 4.51.